The molecule has 0 N–H and O–H groups in total. The minimum atomic E-state index is -0.437. The normalized spacial score (nSPS) is 13.1. The van der Waals surface area contributed by atoms with Gasteiger partial charge in [0.1, 0.15) is 28.5 Å². The Balaban J connectivity index is 0.959. The van der Waals surface area contributed by atoms with Crippen LogP contribution in [-0.4, -0.2) is 14.1 Å². The quantitative estimate of drug-likeness (QED) is 0.118. The van der Waals surface area contributed by atoms with E-state index < -0.39 is 6.04 Å². The van der Waals surface area contributed by atoms with Crippen LogP contribution in [0.1, 0.15) is 59.5 Å². The monoisotopic (exact) mass is 1110 g/mol. The molecule has 412 valence electrons. The van der Waals surface area contributed by atoms with Crippen molar-refractivity contribution in [1.82, 2.24) is 14.1 Å². The van der Waals surface area contributed by atoms with Gasteiger partial charge in [-0.2, -0.15) is 0 Å². The van der Waals surface area contributed by atoms with Crippen LogP contribution in [-0.2, 0) is 10.8 Å². The predicted molar refractivity (Wildman–Crippen MR) is 353 cm³/mol. The number of nitrogens with zero attached hydrogens (tertiary/aromatic N) is 4. The number of hydrogen-bond donors (Lipinski definition) is 0. The highest BCUT2D eigenvalue weighted by Crippen LogP contribution is 2.48. The summed E-state index contributed by atoms with van der Waals surface area (Å²) in [6, 6.07) is 74.3. The van der Waals surface area contributed by atoms with E-state index in [-0.39, 0.29) is 40.6 Å². The Kier molecular flexibility index (Phi) is 10.4. The van der Waals surface area contributed by atoms with Crippen molar-refractivity contribution >= 4 is 54.8 Å². The molecule has 86 heavy (non-hydrogen) atoms. The summed E-state index contributed by atoms with van der Waals surface area (Å²) in [5.41, 5.74) is 19.3. The number of furan rings is 1. The first-order valence-electron chi connectivity index (χ1n) is 31.7. The number of fused-ring (bicyclic) bond motifs is 13. The number of pyridine rings is 1. The molecule has 0 unspecified atom stereocenters. The number of hydrogen-bond acceptors (Lipinski definition) is 3. The average molecular weight is 1110 g/mol. The molecule has 0 spiro atoms. The van der Waals surface area contributed by atoms with E-state index in [2.05, 4.69) is 225 Å². The lowest BCUT2D eigenvalue weighted by atomic mass is 9.85. The van der Waals surface area contributed by atoms with Crippen molar-refractivity contribution in [2.45, 2.75) is 52.4 Å². The van der Waals surface area contributed by atoms with E-state index in [1.807, 2.05) is 60.8 Å². The molecule has 0 saturated carbocycles. The van der Waals surface area contributed by atoms with Gasteiger partial charge in [0.2, 0.25) is 0 Å². The van der Waals surface area contributed by atoms with Crippen LogP contribution in [0, 0.1) is 6.33 Å². The fraction of sp³-hybridized carbons (Fsp3) is 0.100. The summed E-state index contributed by atoms with van der Waals surface area (Å²) in [4.78, 5) is 4.95. The molecule has 6 heteroatoms. The maximum Gasteiger partial charge on any atom is 0.269 e. The van der Waals surface area contributed by atoms with Gasteiger partial charge >= 0.3 is 0 Å². The van der Waals surface area contributed by atoms with Gasteiger partial charge in [0, 0.05) is 33.8 Å². The number of imidazole rings is 1. The zero-order valence-corrected chi connectivity index (χ0v) is 48.5. The zero-order chi connectivity index (χ0) is 62.4. The SMILES string of the molecule is [2H]c1c([2H])c([2H])c(-c2ccc3c(c2)-c2cccc(-c4ccc(C(C)(C)C)cc4)c2-[n+]2[c-]n(-c4cccc(Oc5ccc6c7ccccc7n(-c7cc(C(C)(C)C)ccn7)c6c5)c4)c4cc(-c5ccc6oc7ccccc7c6c5)cc(c42)-c2ccccc2-3)c([2H])c1[2H]. The second-order valence-electron chi connectivity index (χ2n) is 24.6. The molecular weight excluding hydrogens is 1050 g/mol. The van der Waals surface area contributed by atoms with E-state index in [1.54, 1.807) is 0 Å². The van der Waals surface area contributed by atoms with Gasteiger partial charge in [-0.25, -0.2) is 4.98 Å². The highest BCUT2D eigenvalue weighted by atomic mass is 16.5. The van der Waals surface area contributed by atoms with E-state index >= 15 is 0 Å². The fourth-order valence-corrected chi connectivity index (χ4v) is 12.8. The molecule has 0 fully saturated rings. The zero-order valence-electron chi connectivity index (χ0n) is 53.5. The van der Waals surface area contributed by atoms with Crippen molar-refractivity contribution < 1.29 is 20.6 Å². The van der Waals surface area contributed by atoms with Crippen LogP contribution < -0.4 is 9.30 Å². The van der Waals surface area contributed by atoms with Crippen LogP contribution in [0.3, 0.4) is 0 Å². The second kappa shape index (κ2) is 19.5. The van der Waals surface area contributed by atoms with Crippen molar-refractivity contribution in [3.05, 3.63) is 272 Å². The molecule has 4 aromatic heterocycles. The van der Waals surface area contributed by atoms with Crippen molar-refractivity contribution in [2.24, 2.45) is 0 Å². The summed E-state index contributed by atoms with van der Waals surface area (Å²) in [7, 11) is 0. The van der Waals surface area contributed by atoms with Crippen LogP contribution in [0.2, 0.25) is 0 Å². The fourth-order valence-electron chi connectivity index (χ4n) is 12.8. The Labute approximate surface area is 507 Å². The minimum Gasteiger partial charge on any atom is -0.458 e. The summed E-state index contributed by atoms with van der Waals surface area (Å²) in [5, 5.41) is 4.27. The number of aromatic nitrogens is 4. The Morgan fingerprint density at radius 1 is 0.442 bits per heavy atom. The Morgan fingerprint density at radius 2 is 1.09 bits per heavy atom. The molecule has 0 amide bonds. The van der Waals surface area contributed by atoms with Gasteiger partial charge in [-0.3, -0.25) is 13.7 Å². The molecular formula is C80H60N4O2. The number of rotatable bonds is 7. The Morgan fingerprint density at radius 3 is 1.92 bits per heavy atom. The average Bonchev–Trinajstić information content (AvgIpc) is 1.59. The van der Waals surface area contributed by atoms with Crippen molar-refractivity contribution in [3.63, 3.8) is 0 Å². The predicted octanol–water partition coefficient (Wildman–Crippen LogP) is 20.8. The molecule has 6 nitrogen and oxygen atoms in total. The molecule has 0 bridgehead atoms. The summed E-state index contributed by atoms with van der Waals surface area (Å²) in [6.45, 7) is 13.3. The van der Waals surface area contributed by atoms with Gasteiger partial charge in [0.25, 0.3) is 6.33 Å². The molecule has 11 aromatic carbocycles. The molecule has 0 radical (unpaired) electrons. The molecule has 5 heterocycles. The Hall–Kier alpha value is -10.6. The number of para-hydroxylation sites is 3. The smallest absolute Gasteiger partial charge is 0.269 e. The lowest BCUT2D eigenvalue weighted by Crippen LogP contribution is -2.32. The standard InChI is InChI=1S/C80H60N4O2/c1-79(2,3)55-34-30-51(31-35-55)60-26-17-27-67-68-42-52(50-18-8-7-9-19-50)32-37-63(68)61-22-10-11-23-62(61)70-44-54(53-33-39-75-69(43-53)66-25-13-15-29-74(66)86-75)45-73-78(70)83(77(60)67)49-82(73)57-20-16-21-58(47-57)85-59-36-38-65-64-24-12-14-28-71(64)84(72(65)48-59)76-46-56(40-41-81-76)80(4,5)6/h7-48H,1-6H3/i7D,8D,9D,18D,19D. The van der Waals surface area contributed by atoms with Crippen LogP contribution in [0.25, 0.3) is 139 Å². The summed E-state index contributed by atoms with van der Waals surface area (Å²) in [6.07, 6.45) is 5.91. The molecule has 16 rings (SSSR count). The van der Waals surface area contributed by atoms with Gasteiger partial charge in [0.05, 0.1) is 40.3 Å². The van der Waals surface area contributed by atoms with Gasteiger partial charge < -0.3 is 9.15 Å². The third-order valence-electron chi connectivity index (χ3n) is 17.2. The number of benzene rings is 11. The van der Waals surface area contributed by atoms with E-state index in [9.17, 15) is 2.74 Å². The third kappa shape index (κ3) is 8.46. The van der Waals surface area contributed by atoms with Gasteiger partial charge in [-0.05, 0) is 168 Å². The van der Waals surface area contributed by atoms with Crippen molar-refractivity contribution in [2.75, 3.05) is 0 Å². The second-order valence-corrected chi connectivity index (χ2v) is 24.6. The van der Waals surface area contributed by atoms with Gasteiger partial charge in [-0.1, -0.05) is 205 Å². The highest BCUT2D eigenvalue weighted by Gasteiger charge is 2.29. The first-order valence-corrected chi connectivity index (χ1v) is 29.2. The van der Waals surface area contributed by atoms with E-state index in [4.69, 9.17) is 18.3 Å². The van der Waals surface area contributed by atoms with Crippen LogP contribution in [0.15, 0.2) is 259 Å². The third-order valence-corrected chi connectivity index (χ3v) is 17.2. The lowest BCUT2D eigenvalue weighted by molar-refractivity contribution is -0.570. The summed E-state index contributed by atoms with van der Waals surface area (Å²) < 4.78 is 64.4. The first-order chi connectivity index (χ1) is 43.9. The molecule has 0 atom stereocenters. The van der Waals surface area contributed by atoms with E-state index in [0.29, 0.717) is 17.1 Å². The molecule has 0 aliphatic carbocycles. The van der Waals surface area contributed by atoms with Gasteiger partial charge in [-0.15, -0.1) is 0 Å². The first kappa shape index (κ1) is 45.9. The maximum absolute atomic E-state index is 9.20. The maximum atomic E-state index is 9.20. The van der Waals surface area contributed by atoms with Crippen LogP contribution in [0.4, 0.5) is 0 Å². The van der Waals surface area contributed by atoms with Crippen LogP contribution >= 0.6 is 0 Å². The molecule has 15 aromatic rings. The van der Waals surface area contributed by atoms with Gasteiger partial charge in [0.15, 0.2) is 0 Å². The topological polar surface area (TPSA) is 49.0 Å². The molecule has 1 aliphatic rings. The van der Waals surface area contributed by atoms with E-state index in [0.717, 1.165) is 128 Å². The summed E-state index contributed by atoms with van der Waals surface area (Å²) in [5.74, 6) is 2.13. The van der Waals surface area contributed by atoms with Crippen molar-refractivity contribution in [1.29, 1.82) is 0 Å². The molecule has 0 saturated heterocycles. The minimum absolute atomic E-state index is 0.0790. The molecule has 1 aliphatic heterocycles. The van der Waals surface area contributed by atoms with Crippen LogP contribution in [0.5, 0.6) is 11.5 Å². The highest BCUT2D eigenvalue weighted by molar-refractivity contribution is 6.10. The Bertz CT molecular complexity index is 5520. The summed E-state index contributed by atoms with van der Waals surface area (Å²) >= 11 is 0. The lowest BCUT2D eigenvalue weighted by Gasteiger charge is -2.21. The van der Waals surface area contributed by atoms with E-state index in [1.165, 1.54) is 11.1 Å². The largest absolute Gasteiger partial charge is 0.458 e. The van der Waals surface area contributed by atoms with Crippen molar-refractivity contribution in [3.8, 4) is 95.5 Å². The number of ether oxygens (including phenoxy) is 1.